The third-order valence-corrected chi connectivity index (χ3v) is 3.40. The molecule has 18 heavy (non-hydrogen) atoms. The third-order valence-electron chi connectivity index (χ3n) is 2.21. The van der Waals surface area contributed by atoms with Crippen LogP contribution < -0.4 is 0 Å². The number of nitrogens with zero attached hydrogens (tertiary/aromatic N) is 1. The maximum Gasteiger partial charge on any atom is 0.417 e. The van der Waals surface area contributed by atoms with E-state index in [0.717, 1.165) is 23.5 Å². The fraction of sp³-hybridized carbons (Fsp3) is 0.182. The minimum atomic E-state index is -4.55. The van der Waals surface area contributed by atoms with Gasteiger partial charge in [-0.3, -0.25) is 0 Å². The maximum atomic E-state index is 13.1. The van der Waals surface area contributed by atoms with Crippen LogP contribution in [0.3, 0.4) is 0 Å². The van der Waals surface area contributed by atoms with Crippen LogP contribution in [-0.4, -0.2) is 4.98 Å². The quantitative estimate of drug-likeness (QED) is 0.578. The summed E-state index contributed by atoms with van der Waals surface area (Å²) in [4.78, 5) is 3.93. The Labute approximate surface area is 109 Å². The molecule has 1 nitrogen and oxygen atoms in total. The second-order valence-electron chi connectivity index (χ2n) is 3.47. The largest absolute Gasteiger partial charge is 0.417 e. The SMILES string of the molecule is Fc1ccc(C(F)(F)F)c(-c2nc(CCl)cs2)c1. The Balaban J connectivity index is 2.58. The fourth-order valence-corrected chi connectivity index (χ4v) is 2.51. The first kappa shape index (κ1) is 13.3. The molecular weight excluding hydrogens is 290 g/mol. The summed E-state index contributed by atoms with van der Waals surface area (Å²) >= 11 is 6.54. The van der Waals surface area contributed by atoms with Crippen LogP contribution in [0.15, 0.2) is 23.6 Å². The van der Waals surface area contributed by atoms with Gasteiger partial charge in [-0.25, -0.2) is 9.37 Å². The van der Waals surface area contributed by atoms with Gasteiger partial charge in [-0.05, 0) is 18.2 Å². The molecule has 7 heteroatoms. The fourth-order valence-electron chi connectivity index (χ4n) is 1.43. The lowest BCUT2D eigenvalue weighted by molar-refractivity contribution is -0.137. The van der Waals surface area contributed by atoms with E-state index in [2.05, 4.69) is 4.98 Å². The Morgan fingerprint density at radius 2 is 2.00 bits per heavy atom. The molecule has 0 aliphatic heterocycles. The molecule has 1 aromatic carbocycles. The minimum absolute atomic E-state index is 0.104. The van der Waals surface area contributed by atoms with E-state index in [-0.39, 0.29) is 16.5 Å². The van der Waals surface area contributed by atoms with Crippen molar-refractivity contribution in [2.45, 2.75) is 12.1 Å². The van der Waals surface area contributed by atoms with Crippen molar-refractivity contribution in [2.24, 2.45) is 0 Å². The first-order valence-corrected chi connectivity index (χ1v) is 6.20. The van der Waals surface area contributed by atoms with Crippen LogP contribution >= 0.6 is 22.9 Å². The summed E-state index contributed by atoms with van der Waals surface area (Å²) in [5, 5.41) is 1.66. The van der Waals surface area contributed by atoms with Crippen LogP contribution in [-0.2, 0) is 12.1 Å². The molecule has 0 fully saturated rings. The molecule has 0 bridgehead atoms. The molecule has 0 amide bonds. The van der Waals surface area contributed by atoms with Crippen LogP contribution in [0, 0.1) is 5.82 Å². The zero-order valence-electron chi connectivity index (χ0n) is 8.76. The Morgan fingerprint density at radius 3 is 2.56 bits per heavy atom. The first-order chi connectivity index (χ1) is 8.41. The molecule has 0 atom stereocenters. The van der Waals surface area contributed by atoms with E-state index < -0.39 is 17.6 Å². The van der Waals surface area contributed by atoms with Crippen molar-refractivity contribution in [2.75, 3.05) is 0 Å². The van der Waals surface area contributed by atoms with E-state index in [1.807, 2.05) is 0 Å². The predicted molar refractivity (Wildman–Crippen MR) is 62.1 cm³/mol. The van der Waals surface area contributed by atoms with Gasteiger partial charge in [0.25, 0.3) is 0 Å². The number of alkyl halides is 4. The van der Waals surface area contributed by atoms with E-state index >= 15 is 0 Å². The highest BCUT2D eigenvalue weighted by Crippen LogP contribution is 2.38. The van der Waals surface area contributed by atoms with Crippen molar-refractivity contribution >= 4 is 22.9 Å². The number of halogens is 5. The lowest BCUT2D eigenvalue weighted by Gasteiger charge is -2.10. The molecule has 0 N–H and O–H groups in total. The van der Waals surface area contributed by atoms with Crippen LogP contribution in [0.1, 0.15) is 11.3 Å². The van der Waals surface area contributed by atoms with Crippen molar-refractivity contribution in [1.82, 2.24) is 4.98 Å². The minimum Gasteiger partial charge on any atom is -0.240 e. The van der Waals surface area contributed by atoms with E-state index in [0.29, 0.717) is 11.8 Å². The highest BCUT2D eigenvalue weighted by Gasteiger charge is 2.34. The van der Waals surface area contributed by atoms with Crippen molar-refractivity contribution in [3.63, 3.8) is 0 Å². The van der Waals surface area contributed by atoms with E-state index in [9.17, 15) is 17.6 Å². The van der Waals surface area contributed by atoms with Gasteiger partial charge in [-0.15, -0.1) is 22.9 Å². The van der Waals surface area contributed by atoms with Crippen LogP contribution in [0.4, 0.5) is 17.6 Å². The molecular formula is C11H6ClF4NS. The first-order valence-electron chi connectivity index (χ1n) is 4.79. The summed E-state index contributed by atoms with van der Waals surface area (Å²) in [5.41, 5.74) is -0.697. The molecule has 1 aromatic heterocycles. The molecule has 2 aromatic rings. The number of thiazole rings is 1. The molecule has 0 aliphatic carbocycles. The molecule has 0 aliphatic rings. The average Bonchev–Trinajstić information content (AvgIpc) is 2.75. The average molecular weight is 296 g/mol. The highest BCUT2D eigenvalue weighted by molar-refractivity contribution is 7.13. The maximum absolute atomic E-state index is 13.1. The molecule has 0 radical (unpaired) electrons. The Hall–Kier alpha value is -1.14. The van der Waals surface area contributed by atoms with Gasteiger partial charge in [-0.2, -0.15) is 13.2 Å². The summed E-state index contributed by atoms with van der Waals surface area (Å²) < 4.78 is 51.4. The lowest BCUT2D eigenvalue weighted by atomic mass is 10.1. The van der Waals surface area contributed by atoms with Gasteiger partial charge in [0.2, 0.25) is 0 Å². The molecule has 0 unspecified atom stereocenters. The van der Waals surface area contributed by atoms with Gasteiger partial charge < -0.3 is 0 Å². The van der Waals surface area contributed by atoms with Crippen molar-refractivity contribution in [3.05, 3.63) is 40.7 Å². The van der Waals surface area contributed by atoms with Gasteiger partial charge in [0, 0.05) is 10.9 Å². The van der Waals surface area contributed by atoms with Gasteiger partial charge in [0.1, 0.15) is 10.8 Å². The Morgan fingerprint density at radius 1 is 1.28 bits per heavy atom. The molecule has 0 saturated carbocycles. The van der Waals surface area contributed by atoms with Gasteiger partial charge in [0.05, 0.1) is 17.1 Å². The smallest absolute Gasteiger partial charge is 0.240 e. The Bertz CT molecular complexity index is 564. The number of hydrogen-bond acceptors (Lipinski definition) is 2. The topological polar surface area (TPSA) is 12.9 Å². The predicted octanol–water partition coefficient (Wildman–Crippen LogP) is 4.71. The van der Waals surface area contributed by atoms with Gasteiger partial charge in [0.15, 0.2) is 0 Å². The summed E-state index contributed by atoms with van der Waals surface area (Å²) in [5.74, 6) is -0.631. The van der Waals surface area contributed by atoms with E-state index in [1.165, 1.54) is 0 Å². The second kappa shape index (κ2) is 4.85. The van der Waals surface area contributed by atoms with Crippen LogP contribution in [0.2, 0.25) is 0 Å². The molecule has 0 saturated heterocycles. The van der Waals surface area contributed by atoms with E-state index in [4.69, 9.17) is 11.6 Å². The van der Waals surface area contributed by atoms with Crippen molar-refractivity contribution < 1.29 is 17.6 Å². The van der Waals surface area contributed by atoms with Crippen LogP contribution in [0.5, 0.6) is 0 Å². The second-order valence-corrected chi connectivity index (χ2v) is 4.59. The molecule has 96 valence electrons. The number of rotatable bonds is 2. The highest BCUT2D eigenvalue weighted by atomic mass is 35.5. The zero-order chi connectivity index (χ0) is 13.3. The van der Waals surface area contributed by atoms with Gasteiger partial charge >= 0.3 is 6.18 Å². The summed E-state index contributed by atoms with van der Waals surface area (Å²) in [6.07, 6.45) is -4.55. The van der Waals surface area contributed by atoms with Crippen LogP contribution in [0.25, 0.3) is 10.6 Å². The summed E-state index contributed by atoms with van der Waals surface area (Å²) in [6, 6.07) is 2.33. The zero-order valence-corrected chi connectivity index (χ0v) is 10.3. The van der Waals surface area contributed by atoms with Crippen molar-refractivity contribution in [3.8, 4) is 10.6 Å². The van der Waals surface area contributed by atoms with Crippen molar-refractivity contribution in [1.29, 1.82) is 0 Å². The lowest BCUT2D eigenvalue weighted by Crippen LogP contribution is -2.07. The standard InChI is InChI=1S/C11H6ClF4NS/c12-4-7-5-18-10(17-7)8-3-6(13)1-2-9(8)11(14,15)16/h1-3,5H,4H2. The number of hydrogen-bond donors (Lipinski definition) is 0. The van der Waals surface area contributed by atoms with Gasteiger partial charge in [-0.1, -0.05) is 0 Å². The number of benzene rings is 1. The summed E-state index contributed by atoms with van der Waals surface area (Å²) in [6.45, 7) is 0. The molecule has 0 spiro atoms. The normalized spacial score (nSPS) is 11.8. The number of aromatic nitrogens is 1. The van der Waals surface area contributed by atoms with E-state index in [1.54, 1.807) is 5.38 Å². The Kier molecular flexibility index (Phi) is 3.59. The molecule has 1 heterocycles. The molecule has 2 rings (SSSR count). The third kappa shape index (κ3) is 2.64. The summed E-state index contributed by atoms with van der Waals surface area (Å²) in [7, 11) is 0. The monoisotopic (exact) mass is 295 g/mol.